The fourth-order valence-electron chi connectivity index (χ4n) is 2.04. The van der Waals surface area contributed by atoms with Crippen molar-refractivity contribution in [3.05, 3.63) is 0 Å². The lowest BCUT2D eigenvalue weighted by molar-refractivity contribution is 0.528. The molecule has 0 amide bonds. The molecule has 1 saturated heterocycles. The van der Waals surface area contributed by atoms with Crippen LogP contribution in [0.2, 0.25) is 0 Å². The van der Waals surface area contributed by atoms with E-state index in [1.165, 1.54) is 30.2 Å². The topological polar surface area (TPSA) is 24.4 Å². The maximum absolute atomic E-state index is 4.77. The van der Waals surface area contributed by atoms with Crippen LogP contribution in [-0.4, -0.2) is 23.0 Å². The fourth-order valence-corrected chi connectivity index (χ4v) is 3.03. The molecule has 1 aliphatic carbocycles. The Hall–Kier alpha value is -0.180. The molecule has 1 N–H and O–H groups in total. The minimum atomic E-state index is 0.597. The molecule has 3 unspecified atom stereocenters. The monoisotopic (exact) mass is 198 g/mol. The normalized spacial score (nSPS) is 42.6. The third kappa shape index (κ3) is 2.19. The van der Waals surface area contributed by atoms with Gasteiger partial charge < -0.3 is 5.32 Å². The molecule has 3 atom stereocenters. The van der Waals surface area contributed by atoms with Crippen molar-refractivity contribution in [2.75, 3.05) is 5.75 Å². The molecule has 2 fully saturated rings. The van der Waals surface area contributed by atoms with Gasteiger partial charge in [0.2, 0.25) is 0 Å². The van der Waals surface area contributed by atoms with Gasteiger partial charge in [-0.1, -0.05) is 25.1 Å². The average molecular weight is 198 g/mol. The van der Waals surface area contributed by atoms with E-state index < -0.39 is 0 Å². The smallest absolute Gasteiger partial charge is 0.157 e. The first-order chi connectivity index (χ1) is 6.25. The molecule has 1 heterocycles. The summed E-state index contributed by atoms with van der Waals surface area (Å²) in [4.78, 5) is 4.77. The molecule has 3 heteroatoms. The zero-order valence-electron chi connectivity index (χ0n) is 8.42. The molecule has 0 aromatic rings. The highest BCUT2D eigenvalue weighted by molar-refractivity contribution is 8.14. The summed E-state index contributed by atoms with van der Waals surface area (Å²) in [6.07, 6.45) is 4.02. The van der Waals surface area contributed by atoms with Gasteiger partial charge in [0, 0.05) is 11.8 Å². The molecular weight excluding hydrogens is 180 g/mol. The van der Waals surface area contributed by atoms with Gasteiger partial charge in [0.15, 0.2) is 5.17 Å². The Morgan fingerprint density at radius 1 is 1.38 bits per heavy atom. The minimum absolute atomic E-state index is 0.597. The van der Waals surface area contributed by atoms with Crippen LogP contribution in [-0.2, 0) is 0 Å². The number of thioether (sulfide) groups is 1. The van der Waals surface area contributed by atoms with Gasteiger partial charge in [-0.2, -0.15) is 0 Å². The Balaban J connectivity index is 1.95. The molecule has 74 valence electrons. The number of rotatable bonds is 1. The van der Waals surface area contributed by atoms with Gasteiger partial charge in [0.25, 0.3) is 0 Å². The predicted molar refractivity (Wildman–Crippen MR) is 59.3 cm³/mol. The second-order valence-electron chi connectivity index (χ2n) is 4.27. The fraction of sp³-hybridized carbons (Fsp3) is 0.900. The molecule has 2 nitrogen and oxygen atoms in total. The van der Waals surface area contributed by atoms with E-state index >= 15 is 0 Å². The number of aliphatic imine (C=N–C) groups is 1. The molecule has 2 aliphatic rings. The van der Waals surface area contributed by atoms with Gasteiger partial charge in [-0.05, 0) is 25.7 Å². The van der Waals surface area contributed by atoms with Crippen LogP contribution in [0.5, 0.6) is 0 Å². The average Bonchev–Trinajstić information content (AvgIpc) is 2.64. The van der Waals surface area contributed by atoms with Crippen molar-refractivity contribution in [1.29, 1.82) is 0 Å². The second kappa shape index (κ2) is 3.91. The van der Waals surface area contributed by atoms with Crippen molar-refractivity contribution < 1.29 is 0 Å². The molecule has 0 aromatic heterocycles. The molecule has 1 aliphatic heterocycles. The van der Waals surface area contributed by atoms with Crippen molar-refractivity contribution in [1.82, 2.24) is 5.32 Å². The van der Waals surface area contributed by atoms with Crippen LogP contribution in [0.25, 0.3) is 0 Å². The summed E-state index contributed by atoms with van der Waals surface area (Å²) in [5.74, 6) is 1.98. The molecule has 0 bridgehead atoms. The van der Waals surface area contributed by atoms with Crippen LogP contribution in [0, 0.1) is 5.92 Å². The lowest BCUT2D eigenvalue weighted by Gasteiger charge is -2.11. The highest BCUT2D eigenvalue weighted by Gasteiger charge is 2.24. The van der Waals surface area contributed by atoms with Crippen LogP contribution >= 0.6 is 11.8 Å². The largest absolute Gasteiger partial charge is 0.362 e. The van der Waals surface area contributed by atoms with E-state index in [1.807, 2.05) is 11.8 Å². The molecule has 1 saturated carbocycles. The highest BCUT2D eigenvalue weighted by Crippen LogP contribution is 2.29. The SMILES string of the molecule is CC1CSC(=NC2CCCC2C)N1. The maximum atomic E-state index is 4.77. The van der Waals surface area contributed by atoms with Crippen molar-refractivity contribution in [3.63, 3.8) is 0 Å². The molecule has 2 rings (SSSR count). The molecule has 0 aromatic carbocycles. The number of amidine groups is 1. The van der Waals surface area contributed by atoms with Crippen LogP contribution < -0.4 is 5.32 Å². The van der Waals surface area contributed by atoms with E-state index in [0.29, 0.717) is 12.1 Å². The highest BCUT2D eigenvalue weighted by atomic mass is 32.2. The first kappa shape index (κ1) is 9.38. The summed E-state index contributed by atoms with van der Waals surface area (Å²) >= 11 is 1.88. The third-order valence-electron chi connectivity index (χ3n) is 2.94. The maximum Gasteiger partial charge on any atom is 0.157 e. The lowest BCUT2D eigenvalue weighted by Crippen LogP contribution is -2.25. The van der Waals surface area contributed by atoms with Crippen molar-refractivity contribution >= 4 is 16.9 Å². The zero-order chi connectivity index (χ0) is 9.26. The summed E-state index contributed by atoms with van der Waals surface area (Å²) in [5, 5.41) is 4.60. The summed E-state index contributed by atoms with van der Waals surface area (Å²) in [7, 11) is 0. The van der Waals surface area contributed by atoms with E-state index in [4.69, 9.17) is 4.99 Å². The van der Waals surface area contributed by atoms with Crippen molar-refractivity contribution in [3.8, 4) is 0 Å². The zero-order valence-corrected chi connectivity index (χ0v) is 9.23. The first-order valence-electron chi connectivity index (χ1n) is 5.23. The Morgan fingerprint density at radius 2 is 2.23 bits per heavy atom. The standard InChI is InChI=1S/C10H18N2S/c1-7-4-3-5-9(7)12-10-11-8(2)6-13-10/h7-9H,3-6H2,1-2H3,(H,11,12). The van der Waals surface area contributed by atoms with Gasteiger partial charge in [-0.15, -0.1) is 0 Å². The third-order valence-corrected chi connectivity index (χ3v) is 4.10. The van der Waals surface area contributed by atoms with Crippen LogP contribution in [0.4, 0.5) is 0 Å². The number of nitrogens with one attached hydrogen (secondary N) is 1. The van der Waals surface area contributed by atoms with Gasteiger partial charge in [-0.3, -0.25) is 4.99 Å². The molecule has 0 spiro atoms. The first-order valence-corrected chi connectivity index (χ1v) is 6.21. The van der Waals surface area contributed by atoms with Crippen LogP contribution in [0.15, 0.2) is 4.99 Å². The van der Waals surface area contributed by atoms with Crippen LogP contribution in [0.3, 0.4) is 0 Å². The van der Waals surface area contributed by atoms with E-state index in [0.717, 1.165) is 5.92 Å². The van der Waals surface area contributed by atoms with E-state index in [9.17, 15) is 0 Å². The Labute approximate surface area is 84.6 Å². The summed E-state index contributed by atoms with van der Waals surface area (Å²) in [5.41, 5.74) is 0. The number of nitrogens with zero attached hydrogens (tertiary/aromatic N) is 1. The quantitative estimate of drug-likeness (QED) is 0.699. The second-order valence-corrected chi connectivity index (χ2v) is 5.27. The number of hydrogen-bond acceptors (Lipinski definition) is 2. The van der Waals surface area contributed by atoms with E-state index in [1.54, 1.807) is 0 Å². The van der Waals surface area contributed by atoms with E-state index in [-0.39, 0.29) is 0 Å². The van der Waals surface area contributed by atoms with Crippen LogP contribution in [0.1, 0.15) is 33.1 Å². The van der Waals surface area contributed by atoms with Crippen molar-refractivity contribution in [2.45, 2.75) is 45.2 Å². The number of hydrogen-bond donors (Lipinski definition) is 1. The molecular formula is C10H18N2S. The van der Waals surface area contributed by atoms with Gasteiger partial charge in [-0.25, -0.2) is 0 Å². The predicted octanol–water partition coefficient (Wildman–Crippen LogP) is 2.26. The Bertz CT molecular complexity index is 215. The molecule has 13 heavy (non-hydrogen) atoms. The van der Waals surface area contributed by atoms with Gasteiger partial charge in [0.1, 0.15) is 0 Å². The lowest BCUT2D eigenvalue weighted by atomic mass is 10.1. The summed E-state index contributed by atoms with van der Waals surface area (Å²) in [6, 6.07) is 1.21. The summed E-state index contributed by atoms with van der Waals surface area (Å²) < 4.78 is 0. The minimum Gasteiger partial charge on any atom is -0.362 e. The van der Waals surface area contributed by atoms with Crippen molar-refractivity contribution in [2.24, 2.45) is 10.9 Å². The molecule has 0 radical (unpaired) electrons. The van der Waals surface area contributed by atoms with Gasteiger partial charge in [0.05, 0.1) is 6.04 Å². The van der Waals surface area contributed by atoms with E-state index in [2.05, 4.69) is 19.2 Å². The van der Waals surface area contributed by atoms with Gasteiger partial charge >= 0.3 is 0 Å². The summed E-state index contributed by atoms with van der Waals surface area (Å²) in [6.45, 7) is 4.54. The Morgan fingerprint density at radius 3 is 2.77 bits per heavy atom. The Kier molecular flexibility index (Phi) is 2.82.